The van der Waals surface area contributed by atoms with Crippen molar-refractivity contribution in [2.45, 2.75) is 63.7 Å². The molecule has 0 unspecified atom stereocenters. The van der Waals surface area contributed by atoms with Crippen LogP contribution < -0.4 is 16.0 Å². The van der Waals surface area contributed by atoms with Gasteiger partial charge in [-0.1, -0.05) is 72.8 Å². The summed E-state index contributed by atoms with van der Waals surface area (Å²) in [5.74, 6) is -0.110. The second-order valence-electron chi connectivity index (χ2n) is 11.6. The van der Waals surface area contributed by atoms with Crippen LogP contribution in [-0.4, -0.2) is 36.5 Å². The van der Waals surface area contributed by atoms with Crippen LogP contribution in [0, 0.1) is 0 Å². The standard InChI is InChI=1S/C38H39N3O6/c42-25-28-14-17-31(18-15-28)39-36(43)13-7-10-27-16-23-34(30-11-5-2-6-12-30)35(24-27)41-38(45)47-33-21-19-32(20-22-33)40-37(44)46-26-29-8-3-1-4-9-29/h1-6,8-9,11-12,14-18,23-25,32-33H,7,10,13,19-22,26H2,(H,39,43)(H,40,44)(H,41,45). The summed E-state index contributed by atoms with van der Waals surface area (Å²) in [4.78, 5) is 48.7. The first-order chi connectivity index (χ1) is 22.9. The molecule has 242 valence electrons. The number of anilines is 2. The van der Waals surface area contributed by atoms with E-state index in [2.05, 4.69) is 16.0 Å². The van der Waals surface area contributed by atoms with Crippen molar-refractivity contribution < 1.29 is 28.7 Å². The van der Waals surface area contributed by atoms with E-state index in [0.717, 1.165) is 28.5 Å². The van der Waals surface area contributed by atoms with Gasteiger partial charge in [-0.3, -0.25) is 14.9 Å². The Morgan fingerprint density at radius 1 is 0.745 bits per heavy atom. The monoisotopic (exact) mass is 633 g/mol. The molecule has 4 aromatic rings. The van der Waals surface area contributed by atoms with Crippen LogP contribution in [0.3, 0.4) is 0 Å². The fourth-order valence-corrected chi connectivity index (χ4v) is 5.59. The third-order valence-electron chi connectivity index (χ3n) is 8.09. The summed E-state index contributed by atoms with van der Waals surface area (Å²) in [5.41, 5.74) is 5.56. The maximum Gasteiger partial charge on any atom is 0.411 e. The quantitative estimate of drug-likeness (QED) is 0.136. The van der Waals surface area contributed by atoms with E-state index in [0.29, 0.717) is 61.9 Å². The molecule has 0 heterocycles. The van der Waals surface area contributed by atoms with E-state index in [1.165, 1.54) is 0 Å². The number of nitrogens with one attached hydrogen (secondary N) is 3. The minimum absolute atomic E-state index is 0.0346. The molecule has 47 heavy (non-hydrogen) atoms. The van der Waals surface area contributed by atoms with Gasteiger partial charge < -0.3 is 20.1 Å². The average Bonchev–Trinajstić information content (AvgIpc) is 3.09. The number of carbonyl (C=O) groups excluding carboxylic acids is 4. The minimum atomic E-state index is -0.530. The molecule has 0 spiro atoms. The van der Waals surface area contributed by atoms with Gasteiger partial charge in [0.05, 0.1) is 5.69 Å². The Hall–Kier alpha value is -5.44. The van der Waals surface area contributed by atoms with E-state index in [-0.39, 0.29) is 24.7 Å². The zero-order chi connectivity index (χ0) is 32.8. The number of alkyl carbamates (subject to hydrolysis) is 1. The molecular formula is C38H39N3O6. The van der Waals surface area contributed by atoms with Crippen LogP contribution in [0.2, 0.25) is 0 Å². The van der Waals surface area contributed by atoms with Gasteiger partial charge in [-0.25, -0.2) is 9.59 Å². The van der Waals surface area contributed by atoms with Crippen LogP contribution in [-0.2, 0) is 27.3 Å². The van der Waals surface area contributed by atoms with E-state index < -0.39 is 12.2 Å². The van der Waals surface area contributed by atoms with E-state index in [1.54, 1.807) is 24.3 Å². The maximum absolute atomic E-state index is 13.1. The molecule has 3 amide bonds. The van der Waals surface area contributed by atoms with Gasteiger partial charge in [0.1, 0.15) is 19.0 Å². The lowest BCUT2D eigenvalue weighted by molar-refractivity contribution is -0.116. The second-order valence-corrected chi connectivity index (χ2v) is 11.6. The highest BCUT2D eigenvalue weighted by Gasteiger charge is 2.26. The smallest absolute Gasteiger partial charge is 0.411 e. The van der Waals surface area contributed by atoms with Gasteiger partial charge in [-0.05, 0) is 85.5 Å². The van der Waals surface area contributed by atoms with Gasteiger partial charge in [0, 0.05) is 29.3 Å². The van der Waals surface area contributed by atoms with E-state index in [9.17, 15) is 19.2 Å². The van der Waals surface area contributed by atoms with E-state index in [1.807, 2.05) is 78.9 Å². The third kappa shape index (κ3) is 10.3. The summed E-state index contributed by atoms with van der Waals surface area (Å²) in [5, 5.41) is 8.73. The summed E-state index contributed by atoms with van der Waals surface area (Å²) in [7, 11) is 0. The number of hydrogen-bond acceptors (Lipinski definition) is 6. The van der Waals surface area contributed by atoms with Crippen LogP contribution in [0.4, 0.5) is 21.0 Å². The average molecular weight is 634 g/mol. The highest BCUT2D eigenvalue weighted by molar-refractivity contribution is 5.92. The normalized spacial score (nSPS) is 15.6. The lowest BCUT2D eigenvalue weighted by atomic mass is 9.93. The van der Waals surface area contributed by atoms with Crippen LogP contribution in [0.25, 0.3) is 11.1 Å². The molecule has 1 saturated carbocycles. The SMILES string of the molecule is O=Cc1ccc(NC(=O)CCCc2ccc(-c3ccccc3)c(NC(=O)OC3CCC(NC(=O)OCc4ccccc4)CC3)c2)cc1. The Morgan fingerprint density at radius 3 is 2.15 bits per heavy atom. The van der Waals surface area contributed by atoms with Gasteiger partial charge in [0.2, 0.25) is 5.91 Å². The molecule has 9 heteroatoms. The van der Waals surface area contributed by atoms with Crippen molar-refractivity contribution in [1.29, 1.82) is 0 Å². The Morgan fingerprint density at radius 2 is 1.45 bits per heavy atom. The van der Waals surface area contributed by atoms with Crippen LogP contribution in [0.15, 0.2) is 103 Å². The molecule has 0 aromatic heterocycles. The number of ether oxygens (including phenoxy) is 2. The molecule has 4 aromatic carbocycles. The van der Waals surface area contributed by atoms with Gasteiger partial charge in [0.25, 0.3) is 0 Å². The van der Waals surface area contributed by atoms with Gasteiger partial charge in [-0.15, -0.1) is 0 Å². The van der Waals surface area contributed by atoms with Crippen molar-refractivity contribution in [3.63, 3.8) is 0 Å². The van der Waals surface area contributed by atoms with Crippen LogP contribution >= 0.6 is 0 Å². The van der Waals surface area contributed by atoms with Gasteiger partial charge in [-0.2, -0.15) is 0 Å². The number of aldehydes is 1. The predicted octanol–water partition coefficient (Wildman–Crippen LogP) is 7.91. The Bertz CT molecular complexity index is 1640. The van der Waals surface area contributed by atoms with Gasteiger partial charge >= 0.3 is 12.2 Å². The second kappa shape index (κ2) is 16.7. The van der Waals surface area contributed by atoms with Crippen molar-refractivity contribution in [2.75, 3.05) is 10.6 Å². The fourth-order valence-electron chi connectivity index (χ4n) is 5.59. The molecular weight excluding hydrogens is 594 g/mol. The Balaban J connectivity index is 1.11. The molecule has 0 aliphatic heterocycles. The number of carbonyl (C=O) groups is 4. The molecule has 0 radical (unpaired) electrons. The number of aryl methyl sites for hydroxylation is 1. The van der Waals surface area contributed by atoms with Crippen LogP contribution in [0.5, 0.6) is 0 Å². The highest BCUT2D eigenvalue weighted by Crippen LogP contribution is 2.30. The molecule has 3 N–H and O–H groups in total. The van der Waals surface area contributed by atoms with Crippen molar-refractivity contribution in [3.05, 3.63) is 120 Å². The minimum Gasteiger partial charge on any atom is -0.446 e. The molecule has 1 aliphatic carbocycles. The summed E-state index contributed by atoms with van der Waals surface area (Å²) < 4.78 is 11.1. The van der Waals surface area contributed by atoms with Gasteiger partial charge in [0.15, 0.2) is 0 Å². The highest BCUT2D eigenvalue weighted by atomic mass is 16.6. The van der Waals surface area contributed by atoms with Crippen molar-refractivity contribution in [1.82, 2.24) is 5.32 Å². The summed E-state index contributed by atoms with van der Waals surface area (Å²) in [6, 6.07) is 31.9. The molecule has 5 rings (SSSR count). The number of benzene rings is 4. The lowest BCUT2D eigenvalue weighted by Crippen LogP contribution is -2.40. The first kappa shape index (κ1) is 32.9. The predicted molar refractivity (Wildman–Crippen MR) is 181 cm³/mol. The van der Waals surface area contributed by atoms with Crippen LogP contribution in [0.1, 0.15) is 60.0 Å². The van der Waals surface area contributed by atoms with Crippen molar-refractivity contribution in [3.8, 4) is 11.1 Å². The topological polar surface area (TPSA) is 123 Å². The van der Waals surface area contributed by atoms with Crippen molar-refractivity contribution in [2.24, 2.45) is 0 Å². The van der Waals surface area contributed by atoms with E-state index in [4.69, 9.17) is 9.47 Å². The molecule has 9 nitrogen and oxygen atoms in total. The van der Waals surface area contributed by atoms with Crippen molar-refractivity contribution >= 4 is 35.8 Å². The Labute approximate surface area is 274 Å². The first-order valence-electron chi connectivity index (χ1n) is 15.9. The molecule has 1 fully saturated rings. The summed E-state index contributed by atoms with van der Waals surface area (Å²) in [6.07, 6.45) is 3.72. The fraction of sp³-hybridized carbons (Fsp3) is 0.263. The maximum atomic E-state index is 13.1. The zero-order valence-corrected chi connectivity index (χ0v) is 26.2. The molecule has 0 saturated heterocycles. The summed E-state index contributed by atoms with van der Waals surface area (Å²) >= 11 is 0. The largest absolute Gasteiger partial charge is 0.446 e. The lowest BCUT2D eigenvalue weighted by Gasteiger charge is -2.28. The number of rotatable bonds is 12. The summed E-state index contributed by atoms with van der Waals surface area (Å²) in [6.45, 7) is 0.214. The molecule has 1 aliphatic rings. The van der Waals surface area contributed by atoms with E-state index >= 15 is 0 Å². The molecule has 0 bridgehead atoms. The third-order valence-corrected chi connectivity index (χ3v) is 8.09. The number of hydrogen-bond donors (Lipinski definition) is 3. The zero-order valence-electron chi connectivity index (χ0n) is 26.2. The first-order valence-corrected chi connectivity index (χ1v) is 15.9. The number of amides is 3. The Kier molecular flexibility index (Phi) is 11.7. The molecule has 0 atom stereocenters.